The molecule has 0 saturated carbocycles. The number of urea groups is 1. The molecule has 0 bridgehead atoms. The number of aryl methyl sites for hydroxylation is 1. The van der Waals surface area contributed by atoms with Gasteiger partial charge in [-0.25, -0.2) is 14.4 Å². The molecule has 2 amide bonds. The van der Waals surface area contributed by atoms with Crippen molar-refractivity contribution in [2.45, 2.75) is 52.0 Å². The number of hydrogen-bond acceptors (Lipinski definition) is 7. The van der Waals surface area contributed by atoms with E-state index in [4.69, 9.17) is 50.4 Å². The lowest BCUT2D eigenvalue weighted by molar-refractivity contribution is 0.230. The molecule has 0 fully saturated rings. The third kappa shape index (κ3) is 7.73. The summed E-state index contributed by atoms with van der Waals surface area (Å²) in [5.74, 6) is 3.22. The van der Waals surface area contributed by atoms with Gasteiger partial charge >= 0.3 is 17.5 Å². The molecule has 0 unspecified atom stereocenters. The van der Waals surface area contributed by atoms with Crippen LogP contribution in [0.4, 0.5) is 10.5 Å². The van der Waals surface area contributed by atoms with E-state index in [0.717, 1.165) is 29.8 Å². The maximum atomic E-state index is 12.5. The van der Waals surface area contributed by atoms with E-state index in [1.54, 1.807) is 42.9 Å². The van der Waals surface area contributed by atoms with Crippen LogP contribution in [0, 0.1) is 12.3 Å². The second-order valence-electron chi connectivity index (χ2n) is 11.3. The Balaban J connectivity index is 0.000000205. The molecule has 0 radical (unpaired) electrons. The fourth-order valence-electron chi connectivity index (χ4n) is 4.19. The quantitative estimate of drug-likeness (QED) is 0.274. The monoisotopic (exact) mass is 675 g/mol. The maximum Gasteiger partial charge on any atom is 0.442 e. The lowest BCUT2D eigenvalue weighted by Crippen LogP contribution is -2.27. The first-order chi connectivity index (χ1) is 21.2. The fraction of sp³-hybridized carbons (Fsp3) is 0.367. The van der Waals surface area contributed by atoms with Gasteiger partial charge in [-0.15, -0.1) is 16.6 Å². The summed E-state index contributed by atoms with van der Waals surface area (Å²) in [6.45, 7) is 6.44. The summed E-state index contributed by atoms with van der Waals surface area (Å²) in [4.78, 5) is 37.5. The zero-order chi connectivity index (χ0) is 33.1. The number of nitrogens with one attached hydrogen (secondary N) is 1. The number of hydrogen-bond donors (Lipinski definition) is 1. The van der Waals surface area contributed by atoms with Gasteiger partial charge < -0.3 is 19.4 Å². The number of aromatic nitrogens is 5. The van der Waals surface area contributed by atoms with Gasteiger partial charge in [0.2, 0.25) is 5.89 Å². The van der Waals surface area contributed by atoms with Gasteiger partial charge in [0, 0.05) is 44.2 Å². The Bertz CT molecular complexity index is 1880. The number of anilines is 1. The normalized spacial score (nSPS) is 12.4. The van der Waals surface area contributed by atoms with Crippen LogP contribution >= 0.6 is 34.8 Å². The highest BCUT2D eigenvalue weighted by molar-refractivity contribution is 6.36. The van der Waals surface area contributed by atoms with E-state index in [0.29, 0.717) is 45.3 Å². The number of carbonyl (C=O) groups excluding carboxylic acids is 1. The molecular weight excluding hydrogens is 645 g/mol. The minimum absolute atomic E-state index is 0.0788. The van der Waals surface area contributed by atoms with Gasteiger partial charge in [0.15, 0.2) is 0 Å². The van der Waals surface area contributed by atoms with Gasteiger partial charge in [0.05, 0.1) is 26.4 Å². The highest BCUT2D eigenvalue weighted by atomic mass is 35.5. The van der Waals surface area contributed by atoms with Crippen LogP contribution in [0.5, 0.6) is 5.75 Å². The SMILES string of the molecule is C#CCOc1cc(-n2nc3n(c2=O)CCCC3)c(Cl)cc1Cl.CN(C)C(=O)Nc1ccc(-n2nc(C(C)(C)C)oc2=O)c(Cl)c1. The van der Waals surface area contributed by atoms with Gasteiger partial charge in [-0.3, -0.25) is 4.57 Å². The second-order valence-corrected chi connectivity index (χ2v) is 12.5. The van der Waals surface area contributed by atoms with Crippen molar-refractivity contribution in [3.63, 3.8) is 0 Å². The Morgan fingerprint density at radius 3 is 2.36 bits per heavy atom. The number of amides is 2. The van der Waals surface area contributed by atoms with Crippen LogP contribution in [-0.2, 0) is 18.4 Å². The maximum absolute atomic E-state index is 12.5. The molecule has 2 aromatic carbocycles. The smallest absolute Gasteiger partial charge is 0.442 e. The third-order valence-electron chi connectivity index (χ3n) is 6.53. The molecular formula is C30H32Cl3N7O5. The highest BCUT2D eigenvalue weighted by Crippen LogP contribution is 2.33. The van der Waals surface area contributed by atoms with Crippen molar-refractivity contribution in [1.82, 2.24) is 29.0 Å². The topological polar surface area (TPSA) is 129 Å². The van der Waals surface area contributed by atoms with E-state index in [1.807, 2.05) is 20.8 Å². The molecule has 238 valence electrons. The Kier molecular flexibility index (Phi) is 10.4. The fourth-order valence-corrected chi connectivity index (χ4v) is 4.97. The summed E-state index contributed by atoms with van der Waals surface area (Å²) in [5, 5.41) is 12.2. The van der Waals surface area contributed by atoms with Crippen molar-refractivity contribution >= 4 is 46.5 Å². The van der Waals surface area contributed by atoms with E-state index < -0.39 is 11.2 Å². The largest absolute Gasteiger partial charge is 0.479 e. The molecule has 1 N–H and O–H groups in total. The first-order valence-corrected chi connectivity index (χ1v) is 15.0. The van der Waals surface area contributed by atoms with Crippen LogP contribution in [0.25, 0.3) is 11.4 Å². The van der Waals surface area contributed by atoms with Gasteiger partial charge in [-0.05, 0) is 37.1 Å². The summed E-state index contributed by atoms with van der Waals surface area (Å²) >= 11 is 18.5. The van der Waals surface area contributed by atoms with Crippen LogP contribution in [0.2, 0.25) is 15.1 Å². The standard InChI is InChI=1S/C15H13Cl2N3O2.C15H19ClN4O3/c1-2-7-22-13-9-12(10(16)8-11(13)17)20-15(21)19-6-4-3-5-14(19)18-20;1-15(2,3)12-18-20(14(22)23-12)11-7-6-9(8-10(11)16)17-13(21)19(4)5/h1,8-9H,3-7H2;6-8H,1-5H3,(H,17,21). The molecule has 1 aliphatic rings. The van der Waals surface area contributed by atoms with E-state index in [2.05, 4.69) is 21.4 Å². The minimum Gasteiger partial charge on any atom is -0.479 e. The number of halogens is 3. The molecule has 12 nitrogen and oxygen atoms in total. The Hall–Kier alpha value is -4.18. The van der Waals surface area contributed by atoms with Crippen molar-refractivity contribution in [3.05, 3.63) is 78.1 Å². The van der Waals surface area contributed by atoms with Crippen molar-refractivity contribution in [1.29, 1.82) is 0 Å². The molecule has 5 rings (SSSR count). The molecule has 45 heavy (non-hydrogen) atoms. The molecule has 0 atom stereocenters. The predicted molar refractivity (Wildman–Crippen MR) is 174 cm³/mol. The lowest BCUT2D eigenvalue weighted by Gasteiger charge is -2.13. The molecule has 0 spiro atoms. The number of rotatable bonds is 5. The minimum atomic E-state index is -0.609. The van der Waals surface area contributed by atoms with Gasteiger partial charge in [-0.1, -0.05) is 61.5 Å². The van der Waals surface area contributed by atoms with Crippen molar-refractivity contribution in [2.24, 2.45) is 0 Å². The van der Waals surface area contributed by atoms with E-state index in [-0.39, 0.29) is 23.4 Å². The number of ether oxygens (including phenoxy) is 1. The molecule has 4 aromatic rings. The summed E-state index contributed by atoms with van der Waals surface area (Å²) < 4.78 is 14.6. The van der Waals surface area contributed by atoms with E-state index in [1.165, 1.54) is 15.6 Å². The van der Waals surface area contributed by atoms with Gasteiger partial charge in [-0.2, -0.15) is 9.36 Å². The predicted octanol–water partition coefficient (Wildman–Crippen LogP) is 5.56. The second kappa shape index (κ2) is 13.9. The van der Waals surface area contributed by atoms with Crippen LogP contribution in [0.3, 0.4) is 0 Å². The van der Waals surface area contributed by atoms with Crippen molar-refractivity contribution in [3.8, 4) is 29.5 Å². The Morgan fingerprint density at radius 2 is 1.76 bits per heavy atom. The molecule has 15 heteroatoms. The number of carbonyl (C=O) groups is 1. The number of benzene rings is 2. The highest BCUT2D eigenvalue weighted by Gasteiger charge is 2.24. The molecule has 3 heterocycles. The van der Waals surface area contributed by atoms with Crippen molar-refractivity contribution in [2.75, 3.05) is 26.0 Å². The van der Waals surface area contributed by atoms with E-state index in [9.17, 15) is 14.4 Å². The third-order valence-corrected chi connectivity index (χ3v) is 7.44. The van der Waals surface area contributed by atoms with Gasteiger partial charge in [0.1, 0.15) is 18.2 Å². The average Bonchev–Trinajstić information content (AvgIpc) is 3.53. The number of fused-ring (bicyclic) bond motifs is 1. The number of terminal acetylenes is 1. The molecule has 1 aliphatic heterocycles. The van der Waals surface area contributed by atoms with Gasteiger partial charge in [0.25, 0.3) is 0 Å². The number of nitrogens with zero attached hydrogens (tertiary/aromatic N) is 6. The van der Waals surface area contributed by atoms with Crippen LogP contribution in [0.15, 0.2) is 44.3 Å². The lowest BCUT2D eigenvalue weighted by atomic mass is 9.97. The zero-order valence-electron chi connectivity index (χ0n) is 25.4. The molecule has 0 aliphatic carbocycles. The average molecular weight is 677 g/mol. The molecule has 0 saturated heterocycles. The summed E-state index contributed by atoms with van der Waals surface area (Å²) in [7, 11) is 3.27. The van der Waals surface area contributed by atoms with Crippen LogP contribution in [-0.4, -0.2) is 55.8 Å². The summed E-state index contributed by atoms with van der Waals surface area (Å²) in [5.41, 5.74) is 0.742. The first kappa shape index (κ1) is 33.7. The van der Waals surface area contributed by atoms with Crippen molar-refractivity contribution < 1.29 is 13.9 Å². The van der Waals surface area contributed by atoms with Crippen LogP contribution in [0.1, 0.15) is 45.3 Å². The summed E-state index contributed by atoms with van der Waals surface area (Å²) in [6.07, 6.45) is 7.97. The first-order valence-electron chi connectivity index (χ1n) is 13.8. The Morgan fingerprint density at radius 1 is 1.04 bits per heavy atom. The van der Waals surface area contributed by atoms with E-state index >= 15 is 0 Å². The Labute approximate surface area is 274 Å². The molecule has 2 aromatic heterocycles. The van der Waals surface area contributed by atoms with Crippen LogP contribution < -0.4 is 21.5 Å². The summed E-state index contributed by atoms with van der Waals surface area (Å²) in [6, 6.07) is 7.63. The zero-order valence-corrected chi connectivity index (χ0v) is 27.6.